The molecule has 33 heavy (non-hydrogen) atoms. The number of hydrogen-bond acceptors (Lipinski definition) is 7. The molecule has 2 aromatic rings. The SMILES string of the molecule is CC(=O)N1c2ccc(S(=O)(=O)N3CCOCC3)cc2C[C@H]1C(=O)NCCSCc1ccco1. The van der Waals surface area contributed by atoms with Crippen LogP contribution in [0.4, 0.5) is 5.69 Å². The second-order valence-electron chi connectivity index (χ2n) is 7.84. The number of nitrogens with one attached hydrogen (secondary N) is 1. The number of ether oxygens (including phenoxy) is 1. The van der Waals surface area contributed by atoms with Crippen LogP contribution >= 0.6 is 11.8 Å². The monoisotopic (exact) mass is 493 g/mol. The summed E-state index contributed by atoms with van der Waals surface area (Å²) in [6.07, 6.45) is 1.90. The number of nitrogens with zero attached hydrogens (tertiary/aromatic N) is 2. The number of rotatable bonds is 8. The van der Waals surface area contributed by atoms with Crippen molar-refractivity contribution in [1.29, 1.82) is 0 Å². The standard InChI is InChI=1S/C22H27N3O6S2/c1-16(26)25-20-5-4-19(33(28,29)24-7-10-30-11-8-24)13-17(20)14-21(25)22(27)23-6-12-32-15-18-3-2-9-31-18/h2-5,9,13,21H,6-8,10-12,14-15H2,1H3,(H,23,27)/t21-/m0/s1. The molecular weight excluding hydrogens is 466 g/mol. The summed E-state index contributed by atoms with van der Waals surface area (Å²) in [5, 5.41) is 2.90. The van der Waals surface area contributed by atoms with Gasteiger partial charge in [-0.1, -0.05) is 0 Å². The molecule has 0 unspecified atom stereocenters. The van der Waals surface area contributed by atoms with Gasteiger partial charge in [-0.2, -0.15) is 16.1 Å². The molecule has 0 saturated carbocycles. The van der Waals surface area contributed by atoms with Gasteiger partial charge in [-0.25, -0.2) is 8.42 Å². The Kier molecular flexibility index (Phi) is 7.42. The van der Waals surface area contributed by atoms with E-state index >= 15 is 0 Å². The van der Waals surface area contributed by atoms with Gasteiger partial charge in [0.2, 0.25) is 21.8 Å². The molecule has 3 heterocycles. The van der Waals surface area contributed by atoms with E-state index in [4.69, 9.17) is 9.15 Å². The van der Waals surface area contributed by atoms with Crippen molar-refractivity contribution in [3.05, 3.63) is 47.9 Å². The van der Waals surface area contributed by atoms with Gasteiger partial charge in [0.05, 0.1) is 30.1 Å². The van der Waals surface area contributed by atoms with Crippen LogP contribution in [0.15, 0.2) is 45.9 Å². The maximum Gasteiger partial charge on any atom is 0.243 e. The summed E-state index contributed by atoms with van der Waals surface area (Å²) >= 11 is 1.64. The third-order valence-electron chi connectivity index (χ3n) is 5.66. The van der Waals surface area contributed by atoms with Crippen molar-refractivity contribution in [1.82, 2.24) is 9.62 Å². The molecule has 11 heteroatoms. The van der Waals surface area contributed by atoms with E-state index in [1.807, 2.05) is 12.1 Å². The van der Waals surface area contributed by atoms with Crippen molar-refractivity contribution in [2.24, 2.45) is 0 Å². The molecule has 1 fully saturated rings. The lowest BCUT2D eigenvalue weighted by atomic mass is 10.1. The van der Waals surface area contributed by atoms with Crippen LogP contribution in [0.5, 0.6) is 0 Å². The Hall–Kier alpha value is -2.34. The zero-order chi connectivity index (χ0) is 23.4. The highest BCUT2D eigenvalue weighted by molar-refractivity contribution is 7.98. The lowest BCUT2D eigenvalue weighted by Gasteiger charge is -2.26. The number of sulfonamides is 1. The fourth-order valence-corrected chi connectivity index (χ4v) is 6.27. The Labute approximate surface area is 197 Å². The minimum Gasteiger partial charge on any atom is -0.468 e. The highest BCUT2D eigenvalue weighted by atomic mass is 32.2. The molecule has 9 nitrogen and oxygen atoms in total. The van der Waals surface area contributed by atoms with E-state index in [0.717, 1.165) is 11.5 Å². The van der Waals surface area contributed by atoms with E-state index in [-0.39, 0.29) is 23.1 Å². The molecule has 0 aliphatic carbocycles. The predicted octanol–water partition coefficient (Wildman–Crippen LogP) is 1.63. The quantitative estimate of drug-likeness (QED) is 0.557. The van der Waals surface area contributed by atoms with E-state index in [2.05, 4.69) is 5.32 Å². The van der Waals surface area contributed by atoms with Gasteiger partial charge >= 0.3 is 0 Å². The molecule has 1 saturated heterocycles. The minimum atomic E-state index is -3.66. The number of hydrogen-bond donors (Lipinski definition) is 1. The van der Waals surface area contributed by atoms with Crippen LogP contribution in [-0.2, 0) is 36.5 Å². The predicted molar refractivity (Wildman–Crippen MR) is 125 cm³/mol. The fourth-order valence-electron chi connectivity index (χ4n) is 4.06. The van der Waals surface area contributed by atoms with Gasteiger partial charge in [0.15, 0.2) is 0 Å². The van der Waals surface area contributed by atoms with Crippen LogP contribution in [0.3, 0.4) is 0 Å². The van der Waals surface area contributed by atoms with Gasteiger partial charge in [0.1, 0.15) is 11.8 Å². The van der Waals surface area contributed by atoms with E-state index in [9.17, 15) is 18.0 Å². The van der Waals surface area contributed by atoms with Crippen LogP contribution in [-0.4, -0.2) is 69.2 Å². The first kappa shape index (κ1) is 23.8. The van der Waals surface area contributed by atoms with Crippen molar-refractivity contribution in [2.45, 2.75) is 30.0 Å². The second kappa shape index (κ2) is 10.3. The van der Waals surface area contributed by atoms with E-state index in [1.165, 1.54) is 22.2 Å². The number of carbonyl (C=O) groups excluding carboxylic acids is 2. The highest BCUT2D eigenvalue weighted by Gasteiger charge is 2.38. The first-order chi connectivity index (χ1) is 15.9. The molecule has 1 N–H and O–H groups in total. The molecule has 2 aliphatic heterocycles. The maximum absolute atomic E-state index is 13.0. The van der Waals surface area contributed by atoms with Gasteiger partial charge in [-0.3, -0.25) is 14.5 Å². The number of anilines is 1. The molecule has 2 amide bonds. The largest absolute Gasteiger partial charge is 0.468 e. The average molecular weight is 494 g/mol. The summed E-state index contributed by atoms with van der Waals surface area (Å²) in [6, 6.07) is 7.75. The Bertz CT molecular complexity index is 1100. The van der Waals surface area contributed by atoms with Crippen molar-refractivity contribution in [3.8, 4) is 0 Å². The third-order valence-corrected chi connectivity index (χ3v) is 8.53. The number of benzene rings is 1. The van der Waals surface area contributed by atoms with Crippen LogP contribution in [0.2, 0.25) is 0 Å². The topological polar surface area (TPSA) is 109 Å². The summed E-state index contributed by atoms with van der Waals surface area (Å²) in [4.78, 5) is 26.8. The van der Waals surface area contributed by atoms with Crippen molar-refractivity contribution in [2.75, 3.05) is 43.5 Å². The van der Waals surface area contributed by atoms with Crippen molar-refractivity contribution < 1.29 is 27.2 Å². The molecule has 1 aromatic heterocycles. The molecule has 0 radical (unpaired) electrons. The van der Waals surface area contributed by atoms with Gasteiger partial charge in [-0.15, -0.1) is 0 Å². The smallest absolute Gasteiger partial charge is 0.243 e. The molecule has 1 atom stereocenters. The Morgan fingerprint density at radius 2 is 2.00 bits per heavy atom. The Balaban J connectivity index is 1.41. The molecule has 1 aromatic carbocycles. The molecule has 0 spiro atoms. The zero-order valence-electron chi connectivity index (χ0n) is 18.4. The number of fused-ring (bicyclic) bond motifs is 1. The summed E-state index contributed by atoms with van der Waals surface area (Å²) < 4.78 is 38.0. The Morgan fingerprint density at radius 3 is 2.70 bits per heavy atom. The second-order valence-corrected chi connectivity index (χ2v) is 10.9. The third kappa shape index (κ3) is 5.26. The van der Waals surface area contributed by atoms with E-state index in [0.29, 0.717) is 49.9 Å². The molecule has 0 bridgehead atoms. The first-order valence-corrected chi connectivity index (χ1v) is 13.4. The van der Waals surface area contributed by atoms with Crippen LogP contribution in [0.25, 0.3) is 0 Å². The molecule has 4 rings (SSSR count). The summed E-state index contributed by atoms with van der Waals surface area (Å²) in [7, 11) is -3.66. The minimum absolute atomic E-state index is 0.169. The molecule has 178 valence electrons. The lowest BCUT2D eigenvalue weighted by molar-refractivity contribution is -0.125. The van der Waals surface area contributed by atoms with Crippen molar-refractivity contribution in [3.63, 3.8) is 0 Å². The first-order valence-electron chi connectivity index (χ1n) is 10.8. The van der Waals surface area contributed by atoms with E-state index in [1.54, 1.807) is 30.2 Å². The Morgan fingerprint density at radius 1 is 1.21 bits per heavy atom. The van der Waals surface area contributed by atoms with Gasteiger partial charge < -0.3 is 14.5 Å². The number of morpholine rings is 1. The average Bonchev–Trinajstić information content (AvgIpc) is 3.46. The van der Waals surface area contributed by atoms with Gasteiger partial charge in [0.25, 0.3) is 0 Å². The van der Waals surface area contributed by atoms with Gasteiger partial charge in [-0.05, 0) is 35.9 Å². The lowest BCUT2D eigenvalue weighted by Crippen LogP contribution is -2.47. The summed E-state index contributed by atoms with van der Waals surface area (Å²) in [6.45, 7) is 3.21. The van der Waals surface area contributed by atoms with E-state index < -0.39 is 16.1 Å². The van der Waals surface area contributed by atoms with Crippen molar-refractivity contribution >= 4 is 39.3 Å². The number of amides is 2. The van der Waals surface area contributed by atoms with Crippen LogP contribution in [0.1, 0.15) is 18.2 Å². The van der Waals surface area contributed by atoms with Crippen LogP contribution < -0.4 is 10.2 Å². The molecule has 2 aliphatic rings. The highest BCUT2D eigenvalue weighted by Crippen LogP contribution is 2.35. The fraction of sp³-hybridized carbons (Fsp3) is 0.455. The summed E-state index contributed by atoms with van der Waals surface area (Å²) in [5.41, 5.74) is 1.25. The van der Waals surface area contributed by atoms with Gasteiger partial charge in [0, 0.05) is 44.4 Å². The summed E-state index contributed by atoms with van der Waals surface area (Å²) in [5.74, 6) is 1.79. The number of furan rings is 1. The number of carbonyl (C=O) groups is 2. The van der Waals surface area contributed by atoms with Crippen LogP contribution in [0, 0.1) is 0 Å². The zero-order valence-corrected chi connectivity index (χ0v) is 20.0. The number of thioether (sulfide) groups is 1. The maximum atomic E-state index is 13.0. The molecular formula is C22H27N3O6S2. The normalized spacial score (nSPS) is 18.8.